The number of rotatable bonds is 6. The molecule has 1 N–H and O–H groups in total. The number of carbonyl (C=O) groups is 3. The Morgan fingerprint density at radius 3 is 2.62 bits per heavy atom. The van der Waals surface area contributed by atoms with E-state index >= 15 is 0 Å². The van der Waals surface area contributed by atoms with Gasteiger partial charge in [-0.3, -0.25) is 9.59 Å². The lowest BCUT2D eigenvalue weighted by molar-refractivity contribution is -0.219. The van der Waals surface area contributed by atoms with Crippen LogP contribution in [-0.2, 0) is 23.9 Å². The van der Waals surface area contributed by atoms with Gasteiger partial charge in [-0.2, -0.15) is 0 Å². The van der Waals surface area contributed by atoms with Gasteiger partial charge in [0, 0.05) is 24.4 Å². The zero-order valence-corrected chi connectivity index (χ0v) is 20.3. The van der Waals surface area contributed by atoms with E-state index in [9.17, 15) is 19.5 Å². The van der Waals surface area contributed by atoms with Crippen LogP contribution >= 0.6 is 11.6 Å². The predicted molar refractivity (Wildman–Crippen MR) is 119 cm³/mol. The number of alkyl halides is 1. The fourth-order valence-electron chi connectivity index (χ4n) is 8.25. The number of unbranched alkanes of at least 4 members (excludes halogenated alkanes) is 1. The minimum Gasteiger partial charge on any atom is -0.447 e. The highest BCUT2D eigenvalue weighted by atomic mass is 35.5. The standard InChI is InChI=1S/C25H37ClO6/c1-4-5-12-32-25(22(30)31-14-26)11-8-16-15-6-7-17-21(29)18(27)9-10-23(17,2)20(15)19(28)13-24(16,25)3/h15-17,19-20,28H,4-14H2,1-3H3/t15-,16-,17?,19-,20+,23-,24-,25-/m0/s1. The van der Waals surface area contributed by atoms with Crippen molar-refractivity contribution < 1.29 is 29.0 Å². The number of halogens is 1. The molecule has 1 unspecified atom stereocenters. The molecule has 0 aromatic carbocycles. The smallest absolute Gasteiger partial charge is 0.340 e. The Bertz CT molecular complexity index is 784. The summed E-state index contributed by atoms with van der Waals surface area (Å²) >= 11 is 5.77. The number of esters is 1. The molecule has 0 spiro atoms. The molecule has 0 aromatic rings. The molecule has 4 aliphatic rings. The van der Waals surface area contributed by atoms with Crippen molar-refractivity contribution in [1.29, 1.82) is 0 Å². The Morgan fingerprint density at radius 2 is 1.94 bits per heavy atom. The molecule has 0 bridgehead atoms. The first-order valence-electron chi connectivity index (χ1n) is 12.3. The lowest BCUT2D eigenvalue weighted by atomic mass is 9.43. The van der Waals surface area contributed by atoms with E-state index in [4.69, 9.17) is 21.1 Å². The number of ketones is 2. The Labute approximate surface area is 195 Å². The molecule has 6 nitrogen and oxygen atoms in total. The van der Waals surface area contributed by atoms with Crippen molar-refractivity contribution in [3.63, 3.8) is 0 Å². The van der Waals surface area contributed by atoms with Crippen LogP contribution in [0.15, 0.2) is 0 Å². The normalized spacial score (nSPS) is 45.7. The van der Waals surface area contributed by atoms with E-state index in [0.29, 0.717) is 32.3 Å². The van der Waals surface area contributed by atoms with Gasteiger partial charge < -0.3 is 14.6 Å². The largest absolute Gasteiger partial charge is 0.447 e. The van der Waals surface area contributed by atoms with Crippen molar-refractivity contribution in [1.82, 2.24) is 0 Å². The lowest BCUT2D eigenvalue weighted by Gasteiger charge is -2.62. The number of hydrogen-bond acceptors (Lipinski definition) is 6. The van der Waals surface area contributed by atoms with Gasteiger partial charge in [-0.25, -0.2) is 4.79 Å². The Hall–Kier alpha value is -0.980. The van der Waals surface area contributed by atoms with Crippen LogP contribution in [0.5, 0.6) is 0 Å². The summed E-state index contributed by atoms with van der Waals surface area (Å²) in [4.78, 5) is 38.1. The number of aliphatic hydroxyl groups is 1. The van der Waals surface area contributed by atoms with Gasteiger partial charge in [-0.1, -0.05) is 38.8 Å². The van der Waals surface area contributed by atoms with Gasteiger partial charge in [0.2, 0.25) is 5.78 Å². The van der Waals surface area contributed by atoms with Crippen LogP contribution in [0.25, 0.3) is 0 Å². The Kier molecular flexibility index (Phi) is 6.54. The first-order chi connectivity index (χ1) is 15.2. The summed E-state index contributed by atoms with van der Waals surface area (Å²) in [5.41, 5.74) is -2.05. The summed E-state index contributed by atoms with van der Waals surface area (Å²) in [6.45, 7) is 6.73. The van der Waals surface area contributed by atoms with E-state index < -0.39 is 23.1 Å². The van der Waals surface area contributed by atoms with Crippen LogP contribution in [0, 0.1) is 34.5 Å². The maximum atomic E-state index is 13.3. The molecule has 8 atom stereocenters. The zero-order chi connectivity index (χ0) is 23.3. The number of ether oxygens (including phenoxy) is 2. The molecule has 0 amide bonds. The van der Waals surface area contributed by atoms with Gasteiger partial charge in [0.1, 0.15) is 0 Å². The van der Waals surface area contributed by atoms with E-state index in [1.807, 2.05) is 0 Å². The van der Waals surface area contributed by atoms with E-state index in [1.54, 1.807) is 0 Å². The zero-order valence-electron chi connectivity index (χ0n) is 19.5. The summed E-state index contributed by atoms with van der Waals surface area (Å²) in [5.74, 6) is -0.889. The van der Waals surface area contributed by atoms with Gasteiger partial charge >= 0.3 is 5.97 Å². The molecule has 0 radical (unpaired) electrons. The van der Waals surface area contributed by atoms with Crippen LogP contribution in [0.3, 0.4) is 0 Å². The molecule has 4 aliphatic carbocycles. The van der Waals surface area contributed by atoms with E-state index in [-0.39, 0.29) is 53.1 Å². The summed E-state index contributed by atoms with van der Waals surface area (Å²) in [7, 11) is 0. The van der Waals surface area contributed by atoms with E-state index in [1.165, 1.54) is 0 Å². The monoisotopic (exact) mass is 468 g/mol. The fraction of sp³-hybridized carbons (Fsp3) is 0.880. The van der Waals surface area contributed by atoms with E-state index in [0.717, 1.165) is 25.7 Å². The Morgan fingerprint density at radius 1 is 1.19 bits per heavy atom. The molecule has 180 valence electrons. The minimum absolute atomic E-state index is 0.0492. The van der Waals surface area contributed by atoms with Gasteiger partial charge in [0.15, 0.2) is 17.5 Å². The highest BCUT2D eigenvalue weighted by Gasteiger charge is 2.71. The van der Waals surface area contributed by atoms with Crippen LogP contribution in [0.1, 0.15) is 78.6 Å². The number of Topliss-reactive ketones (excluding diaryl/α,β-unsaturated/α-hetero) is 2. The molecular formula is C25H37ClO6. The molecule has 7 heteroatoms. The average molecular weight is 469 g/mol. The lowest BCUT2D eigenvalue weighted by Crippen LogP contribution is -2.64. The van der Waals surface area contributed by atoms with Crippen molar-refractivity contribution in [2.24, 2.45) is 34.5 Å². The second-order valence-corrected chi connectivity index (χ2v) is 11.2. The predicted octanol–water partition coefficient (Wildman–Crippen LogP) is 4.04. The summed E-state index contributed by atoms with van der Waals surface area (Å²) in [5, 5.41) is 11.6. The number of fused-ring (bicyclic) bond motifs is 5. The first kappa shape index (κ1) is 24.2. The first-order valence-corrected chi connectivity index (χ1v) is 12.8. The summed E-state index contributed by atoms with van der Waals surface area (Å²) in [6.07, 6.45) is 5.34. The molecule has 4 saturated carbocycles. The van der Waals surface area contributed by atoms with Gasteiger partial charge in [0.25, 0.3) is 0 Å². The summed E-state index contributed by atoms with van der Waals surface area (Å²) in [6, 6.07) is -0.219. The minimum atomic E-state index is -1.11. The van der Waals surface area contributed by atoms with Gasteiger partial charge in [-0.05, 0) is 68.1 Å². The molecule has 0 heterocycles. The van der Waals surface area contributed by atoms with Crippen molar-refractivity contribution >= 4 is 29.1 Å². The molecular weight excluding hydrogens is 432 g/mol. The Balaban J connectivity index is 1.69. The van der Waals surface area contributed by atoms with Crippen molar-refractivity contribution in [3.05, 3.63) is 0 Å². The molecule has 0 aliphatic heterocycles. The second-order valence-electron chi connectivity index (χ2n) is 11.0. The number of aliphatic hydroxyl groups excluding tert-OH is 1. The van der Waals surface area contributed by atoms with E-state index in [2.05, 4.69) is 20.8 Å². The van der Waals surface area contributed by atoms with Crippen LogP contribution in [-0.4, -0.2) is 47.0 Å². The molecule has 0 aromatic heterocycles. The number of hydrogen-bond donors (Lipinski definition) is 1. The maximum Gasteiger partial charge on any atom is 0.340 e. The highest BCUT2D eigenvalue weighted by Crippen LogP contribution is 2.68. The SMILES string of the molecule is CCCCO[C@]1(C(=O)OCCl)CC[C@H]2[C@@H]3CCC4C(=O)C(=O)CC[C@]4(C)[C@H]3[C@@H](O)C[C@@]21C. The molecule has 4 fully saturated rings. The van der Waals surface area contributed by atoms with Crippen LogP contribution in [0.2, 0.25) is 0 Å². The second kappa shape index (κ2) is 8.66. The molecule has 0 saturated heterocycles. The van der Waals surface area contributed by atoms with Gasteiger partial charge in [-0.15, -0.1) is 0 Å². The van der Waals surface area contributed by atoms with Crippen molar-refractivity contribution in [3.8, 4) is 0 Å². The fourth-order valence-corrected chi connectivity index (χ4v) is 8.35. The molecule has 32 heavy (non-hydrogen) atoms. The summed E-state index contributed by atoms with van der Waals surface area (Å²) < 4.78 is 11.7. The van der Waals surface area contributed by atoms with Crippen molar-refractivity contribution in [2.45, 2.75) is 90.3 Å². The van der Waals surface area contributed by atoms with Crippen molar-refractivity contribution in [2.75, 3.05) is 12.7 Å². The maximum absolute atomic E-state index is 13.3. The number of carbonyl (C=O) groups excluding carboxylic acids is 3. The third-order valence-corrected chi connectivity index (χ3v) is 9.87. The van der Waals surface area contributed by atoms with Gasteiger partial charge in [0.05, 0.1) is 6.10 Å². The van der Waals surface area contributed by atoms with Crippen LogP contribution in [0.4, 0.5) is 0 Å². The average Bonchev–Trinajstić information content (AvgIpc) is 3.04. The quantitative estimate of drug-likeness (QED) is 0.274. The third kappa shape index (κ3) is 3.31. The van der Waals surface area contributed by atoms with Crippen LogP contribution < -0.4 is 0 Å². The highest BCUT2D eigenvalue weighted by molar-refractivity contribution is 6.38. The topological polar surface area (TPSA) is 89.9 Å². The third-order valence-electron chi connectivity index (χ3n) is 9.76. The molecule has 4 rings (SSSR count).